The van der Waals surface area contributed by atoms with E-state index in [1.54, 1.807) is 12.1 Å². The summed E-state index contributed by atoms with van der Waals surface area (Å²) in [5.41, 5.74) is 3.74. The van der Waals surface area contributed by atoms with Gasteiger partial charge in [0.25, 0.3) is 5.91 Å². The van der Waals surface area contributed by atoms with Gasteiger partial charge in [-0.1, -0.05) is 11.6 Å². The first-order valence-electron chi connectivity index (χ1n) is 7.86. The molecule has 0 fully saturated rings. The molecule has 0 heterocycles. The number of benzene rings is 2. The normalized spacial score (nSPS) is 10.8. The highest BCUT2D eigenvalue weighted by Gasteiger charge is 2.10. The van der Waals surface area contributed by atoms with Crippen molar-refractivity contribution in [2.45, 2.75) is 13.8 Å². The predicted octanol–water partition coefficient (Wildman–Crippen LogP) is 3.36. The average Bonchev–Trinajstić information content (AvgIpc) is 2.57. The van der Waals surface area contributed by atoms with Gasteiger partial charge >= 0.3 is 0 Å². The molecule has 0 aliphatic heterocycles. The first-order chi connectivity index (χ1) is 12.0. The van der Waals surface area contributed by atoms with E-state index in [1.807, 2.05) is 19.9 Å². The number of phenols is 2. The van der Waals surface area contributed by atoms with Crippen molar-refractivity contribution >= 4 is 29.4 Å². The zero-order valence-electron chi connectivity index (χ0n) is 14.0. The number of aromatic hydroxyl groups is 2. The van der Waals surface area contributed by atoms with Gasteiger partial charge in [0.05, 0.1) is 11.8 Å². The van der Waals surface area contributed by atoms with E-state index >= 15 is 0 Å². The first kappa shape index (κ1) is 18.6. The Bertz CT molecular complexity index is 789. The minimum atomic E-state index is -0.579. The molecule has 0 aliphatic carbocycles. The number of hydrazone groups is 1. The standard InChI is InChI=1S/C18H20ClN3O3/c1-3-22(4-2)14-7-5-12(16(23)10-14)11-20-21-18(25)15-8-6-13(19)9-17(15)24/h5-11,23-24H,3-4H2,1-2H3,(H,21,25). The number of halogens is 1. The minimum Gasteiger partial charge on any atom is -0.507 e. The van der Waals surface area contributed by atoms with Crippen LogP contribution >= 0.6 is 11.6 Å². The molecule has 0 spiro atoms. The predicted molar refractivity (Wildman–Crippen MR) is 99.8 cm³/mol. The lowest BCUT2D eigenvalue weighted by molar-refractivity contribution is 0.0952. The summed E-state index contributed by atoms with van der Waals surface area (Å²) in [5.74, 6) is -0.743. The third-order valence-electron chi connectivity index (χ3n) is 3.72. The molecule has 2 rings (SSSR count). The van der Waals surface area contributed by atoms with Gasteiger partial charge in [-0.2, -0.15) is 5.10 Å². The molecule has 1 amide bonds. The number of amides is 1. The Morgan fingerprint density at radius 1 is 1.16 bits per heavy atom. The molecule has 2 aromatic carbocycles. The van der Waals surface area contributed by atoms with Crippen LogP contribution in [0.5, 0.6) is 11.5 Å². The SMILES string of the molecule is CCN(CC)c1ccc(C=NNC(=O)c2ccc(Cl)cc2O)c(O)c1. The molecular formula is C18H20ClN3O3. The number of hydrogen-bond donors (Lipinski definition) is 3. The van der Waals surface area contributed by atoms with Crippen molar-refractivity contribution in [3.05, 3.63) is 52.5 Å². The molecular weight excluding hydrogens is 342 g/mol. The lowest BCUT2D eigenvalue weighted by atomic mass is 10.2. The highest BCUT2D eigenvalue weighted by Crippen LogP contribution is 2.24. The molecule has 0 unspecified atom stereocenters. The molecule has 6 nitrogen and oxygen atoms in total. The number of anilines is 1. The van der Waals surface area contributed by atoms with Crippen LogP contribution in [0.1, 0.15) is 29.8 Å². The Balaban J connectivity index is 2.08. The van der Waals surface area contributed by atoms with Gasteiger partial charge < -0.3 is 15.1 Å². The van der Waals surface area contributed by atoms with E-state index in [1.165, 1.54) is 24.4 Å². The van der Waals surface area contributed by atoms with Crippen molar-refractivity contribution in [2.24, 2.45) is 5.10 Å². The summed E-state index contributed by atoms with van der Waals surface area (Å²) in [5, 5.41) is 24.0. The highest BCUT2D eigenvalue weighted by molar-refractivity contribution is 6.30. The number of carbonyl (C=O) groups excluding carboxylic acids is 1. The summed E-state index contributed by atoms with van der Waals surface area (Å²) < 4.78 is 0. The second-order valence-corrected chi connectivity index (χ2v) is 5.71. The Morgan fingerprint density at radius 3 is 2.48 bits per heavy atom. The molecule has 3 N–H and O–H groups in total. The van der Waals surface area contributed by atoms with E-state index in [4.69, 9.17) is 11.6 Å². The summed E-state index contributed by atoms with van der Waals surface area (Å²) in [6, 6.07) is 9.43. The summed E-state index contributed by atoms with van der Waals surface area (Å²) in [7, 11) is 0. The second kappa shape index (κ2) is 8.39. The van der Waals surface area contributed by atoms with Gasteiger partial charge in [0.15, 0.2) is 0 Å². The largest absolute Gasteiger partial charge is 0.507 e. The number of phenolic OH excluding ortho intramolecular Hbond substituents is 2. The fraction of sp³-hybridized carbons (Fsp3) is 0.222. The van der Waals surface area contributed by atoms with E-state index < -0.39 is 5.91 Å². The molecule has 0 saturated carbocycles. The maximum absolute atomic E-state index is 12.0. The Morgan fingerprint density at radius 2 is 1.88 bits per heavy atom. The van der Waals surface area contributed by atoms with Gasteiger partial charge in [0.2, 0.25) is 0 Å². The van der Waals surface area contributed by atoms with Crippen LogP contribution in [-0.2, 0) is 0 Å². The average molecular weight is 362 g/mol. The molecule has 0 aromatic heterocycles. The van der Waals surface area contributed by atoms with E-state index in [-0.39, 0.29) is 17.1 Å². The van der Waals surface area contributed by atoms with Crippen LogP contribution in [0, 0.1) is 0 Å². The fourth-order valence-electron chi connectivity index (χ4n) is 2.34. The molecule has 25 heavy (non-hydrogen) atoms. The van der Waals surface area contributed by atoms with E-state index in [0.717, 1.165) is 18.8 Å². The lowest BCUT2D eigenvalue weighted by Crippen LogP contribution is -2.21. The van der Waals surface area contributed by atoms with Crippen molar-refractivity contribution in [3.63, 3.8) is 0 Å². The van der Waals surface area contributed by atoms with Crippen molar-refractivity contribution in [1.29, 1.82) is 0 Å². The van der Waals surface area contributed by atoms with Gasteiger partial charge in [0.1, 0.15) is 11.5 Å². The van der Waals surface area contributed by atoms with Crippen molar-refractivity contribution < 1.29 is 15.0 Å². The maximum Gasteiger partial charge on any atom is 0.275 e. The molecule has 0 atom stereocenters. The van der Waals surface area contributed by atoms with Crippen LogP contribution in [-0.4, -0.2) is 35.4 Å². The first-order valence-corrected chi connectivity index (χ1v) is 8.24. The Hall–Kier alpha value is -2.73. The Labute approximate surface area is 151 Å². The van der Waals surface area contributed by atoms with Crippen LogP contribution in [0.15, 0.2) is 41.5 Å². The topological polar surface area (TPSA) is 85.2 Å². The van der Waals surface area contributed by atoms with E-state index in [0.29, 0.717) is 10.6 Å². The van der Waals surface area contributed by atoms with Gasteiger partial charge in [-0.3, -0.25) is 4.79 Å². The third-order valence-corrected chi connectivity index (χ3v) is 3.95. The van der Waals surface area contributed by atoms with Crippen molar-refractivity contribution in [1.82, 2.24) is 5.43 Å². The van der Waals surface area contributed by atoms with Gasteiger partial charge in [0, 0.05) is 35.4 Å². The Kier molecular flexibility index (Phi) is 6.25. The van der Waals surface area contributed by atoms with Crippen LogP contribution in [0.3, 0.4) is 0 Å². The van der Waals surface area contributed by atoms with Crippen molar-refractivity contribution in [3.8, 4) is 11.5 Å². The third kappa shape index (κ3) is 4.64. The van der Waals surface area contributed by atoms with Crippen LogP contribution in [0.2, 0.25) is 5.02 Å². The molecule has 0 radical (unpaired) electrons. The fourth-order valence-corrected chi connectivity index (χ4v) is 2.51. The number of hydrogen-bond acceptors (Lipinski definition) is 5. The molecule has 132 valence electrons. The lowest BCUT2D eigenvalue weighted by Gasteiger charge is -2.21. The van der Waals surface area contributed by atoms with Crippen molar-refractivity contribution in [2.75, 3.05) is 18.0 Å². The zero-order valence-corrected chi connectivity index (χ0v) is 14.8. The van der Waals surface area contributed by atoms with Gasteiger partial charge in [-0.25, -0.2) is 5.43 Å². The number of nitrogens with zero attached hydrogens (tertiary/aromatic N) is 2. The zero-order chi connectivity index (χ0) is 18.4. The van der Waals surface area contributed by atoms with Crippen LogP contribution < -0.4 is 10.3 Å². The van der Waals surface area contributed by atoms with Crippen LogP contribution in [0.4, 0.5) is 5.69 Å². The molecule has 0 saturated heterocycles. The van der Waals surface area contributed by atoms with Crippen LogP contribution in [0.25, 0.3) is 0 Å². The van der Waals surface area contributed by atoms with E-state index in [2.05, 4.69) is 15.4 Å². The molecule has 2 aromatic rings. The molecule has 0 bridgehead atoms. The summed E-state index contributed by atoms with van der Waals surface area (Å²) in [6.45, 7) is 5.75. The van der Waals surface area contributed by atoms with Gasteiger partial charge in [-0.15, -0.1) is 0 Å². The highest BCUT2D eigenvalue weighted by atomic mass is 35.5. The monoisotopic (exact) mass is 361 g/mol. The minimum absolute atomic E-state index is 0.0580. The smallest absolute Gasteiger partial charge is 0.275 e. The quantitative estimate of drug-likeness (QED) is 0.544. The number of nitrogens with one attached hydrogen (secondary N) is 1. The number of carbonyl (C=O) groups is 1. The molecule has 7 heteroatoms. The summed E-state index contributed by atoms with van der Waals surface area (Å²) in [4.78, 5) is 14.1. The summed E-state index contributed by atoms with van der Waals surface area (Å²) >= 11 is 5.73. The maximum atomic E-state index is 12.0. The van der Waals surface area contributed by atoms with E-state index in [9.17, 15) is 15.0 Å². The van der Waals surface area contributed by atoms with Gasteiger partial charge in [-0.05, 0) is 44.2 Å². The molecule has 0 aliphatic rings. The summed E-state index contributed by atoms with van der Waals surface area (Å²) in [6.07, 6.45) is 1.34. The number of rotatable bonds is 6. The second-order valence-electron chi connectivity index (χ2n) is 5.28.